The molecular formula is C22H14ClN. The van der Waals surface area contributed by atoms with Gasteiger partial charge in [-0.25, -0.2) is 0 Å². The standard InChI is InChI=1S/C22H14ClN/c23-16-11-13-18-17-8-4-5-9-19(17)22(24)20(21(18)14-16)12-10-15-6-2-1-3-7-15/h1-9,11,13-14H,24H2. The lowest BCUT2D eigenvalue weighted by atomic mass is 9.95. The molecule has 0 aliphatic heterocycles. The molecule has 0 atom stereocenters. The fourth-order valence-corrected chi connectivity index (χ4v) is 3.15. The third-order valence-corrected chi connectivity index (χ3v) is 4.37. The zero-order chi connectivity index (χ0) is 16.5. The summed E-state index contributed by atoms with van der Waals surface area (Å²) in [7, 11) is 0. The van der Waals surface area contributed by atoms with Gasteiger partial charge in [-0.1, -0.05) is 72.0 Å². The Kier molecular flexibility index (Phi) is 3.61. The maximum Gasteiger partial charge on any atom is 0.0564 e. The number of halogens is 1. The number of fused-ring (bicyclic) bond motifs is 3. The fraction of sp³-hybridized carbons (Fsp3) is 0. The zero-order valence-corrected chi connectivity index (χ0v) is 13.6. The molecule has 0 spiro atoms. The van der Waals surface area contributed by atoms with E-state index in [-0.39, 0.29) is 0 Å². The van der Waals surface area contributed by atoms with Crippen molar-refractivity contribution in [1.29, 1.82) is 0 Å². The van der Waals surface area contributed by atoms with Gasteiger partial charge < -0.3 is 5.73 Å². The summed E-state index contributed by atoms with van der Waals surface area (Å²) in [4.78, 5) is 0. The van der Waals surface area contributed by atoms with Crippen LogP contribution in [-0.4, -0.2) is 0 Å². The molecular weight excluding hydrogens is 314 g/mol. The Morgan fingerprint density at radius 2 is 1.33 bits per heavy atom. The Balaban J connectivity index is 2.08. The van der Waals surface area contributed by atoms with Gasteiger partial charge in [0, 0.05) is 21.4 Å². The number of benzene rings is 4. The first-order chi connectivity index (χ1) is 11.7. The minimum absolute atomic E-state index is 0.681. The van der Waals surface area contributed by atoms with Crippen LogP contribution < -0.4 is 5.73 Å². The predicted molar refractivity (Wildman–Crippen MR) is 103 cm³/mol. The molecule has 1 nitrogen and oxygen atoms in total. The van der Waals surface area contributed by atoms with Crippen LogP contribution in [-0.2, 0) is 0 Å². The average Bonchev–Trinajstić information content (AvgIpc) is 2.62. The molecule has 4 rings (SSSR count). The van der Waals surface area contributed by atoms with E-state index in [0.29, 0.717) is 10.7 Å². The van der Waals surface area contributed by atoms with Crippen LogP contribution in [0.1, 0.15) is 11.1 Å². The first-order valence-corrected chi connectivity index (χ1v) is 8.08. The number of rotatable bonds is 0. The van der Waals surface area contributed by atoms with Crippen LogP contribution in [0.3, 0.4) is 0 Å². The zero-order valence-electron chi connectivity index (χ0n) is 12.9. The third kappa shape index (κ3) is 2.48. The summed E-state index contributed by atoms with van der Waals surface area (Å²) in [6.07, 6.45) is 0. The molecule has 4 aromatic rings. The first-order valence-electron chi connectivity index (χ1n) is 7.70. The van der Waals surface area contributed by atoms with Gasteiger partial charge >= 0.3 is 0 Å². The second-order valence-corrected chi connectivity index (χ2v) is 6.08. The monoisotopic (exact) mass is 327 g/mol. The van der Waals surface area contributed by atoms with E-state index in [4.69, 9.17) is 17.3 Å². The lowest BCUT2D eigenvalue weighted by Crippen LogP contribution is -1.95. The van der Waals surface area contributed by atoms with E-state index in [1.807, 2.05) is 66.7 Å². The molecule has 0 saturated heterocycles. The van der Waals surface area contributed by atoms with Gasteiger partial charge in [-0.2, -0.15) is 0 Å². The van der Waals surface area contributed by atoms with Crippen molar-refractivity contribution < 1.29 is 0 Å². The van der Waals surface area contributed by atoms with Crippen molar-refractivity contribution >= 4 is 38.8 Å². The molecule has 2 heteroatoms. The quantitative estimate of drug-likeness (QED) is 0.253. The SMILES string of the molecule is Nc1c(C#Cc2ccccc2)c2cc(Cl)ccc2c2ccccc12. The van der Waals surface area contributed by atoms with Gasteiger partial charge in [0.25, 0.3) is 0 Å². The Hall–Kier alpha value is -2.95. The minimum atomic E-state index is 0.681. The molecule has 0 saturated carbocycles. The summed E-state index contributed by atoms with van der Waals surface area (Å²) >= 11 is 6.22. The van der Waals surface area contributed by atoms with Gasteiger partial charge in [0.15, 0.2) is 0 Å². The number of hydrogen-bond acceptors (Lipinski definition) is 1. The van der Waals surface area contributed by atoms with Crippen molar-refractivity contribution in [2.45, 2.75) is 0 Å². The highest BCUT2D eigenvalue weighted by Gasteiger charge is 2.11. The van der Waals surface area contributed by atoms with E-state index < -0.39 is 0 Å². The van der Waals surface area contributed by atoms with Gasteiger partial charge in [0.2, 0.25) is 0 Å². The molecule has 24 heavy (non-hydrogen) atoms. The Morgan fingerprint density at radius 3 is 2.12 bits per heavy atom. The van der Waals surface area contributed by atoms with Gasteiger partial charge in [-0.15, -0.1) is 0 Å². The lowest BCUT2D eigenvalue weighted by molar-refractivity contribution is 1.64. The largest absolute Gasteiger partial charge is 0.397 e. The molecule has 0 radical (unpaired) electrons. The molecule has 0 aromatic heterocycles. The fourth-order valence-electron chi connectivity index (χ4n) is 2.98. The van der Waals surface area contributed by atoms with E-state index in [1.165, 1.54) is 0 Å². The van der Waals surface area contributed by atoms with Crippen molar-refractivity contribution in [3.63, 3.8) is 0 Å². The summed E-state index contributed by atoms with van der Waals surface area (Å²) in [6.45, 7) is 0. The molecule has 0 aliphatic rings. The van der Waals surface area contributed by atoms with Crippen molar-refractivity contribution in [2.24, 2.45) is 0 Å². The predicted octanol–water partition coefficient (Wildman–Crippen LogP) is 5.63. The van der Waals surface area contributed by atoms with Crippen molar-refractivity contribution in [1.82, 2.24) is 0 Å². The summed E-state index contributed by atoms with van der Waals surface area (Å²) in [6, 6.07) is 23.9. The highest BCUT2D eigenvalue weighted by atomic mass is 35.5. The van der Waals surface area contributed by atoms with Crippen LogP contribution in [0, 0.1) is 11.8 Å². The molecule has 0 unspecified atom stereocenters. The van der Waals surface area contributed by atoms with Gasteiger partial charge in [0.1, 0.15) is 0 Å². The normalized spacial score (nSPS) is 10.5. The van der Waals surface area contributed by atoms with Crippen LogP contribution >= 0.6 is 11.6 Å². The molecule has 0 amide bonds. The Labute approximate surface area is 145 Å². The van der Waals surface area contributed by atoms with Crippen molar-refractivity contribution in [3.8, 4) is 11.8 Å². The van der Waals surface area contributed by atoms with Crippen LogP contribution in [0.15, 0.2) is 72.8 Å². The molecule has 2 N–H and O–H groups in total. The molecule has 0 heterocycles. The number of anilines is 1. The number of hydrogen-bond donors (Lipinski definition) is 1. The molecule has 0 fully saturated rings. The molecule has 114 valence electrons. The van der Waals surface area contributed by atoms with Crippen molar-refractivity contribution in [3.05, 3.63) is 88.9 Å². The smallest absolute Gasteiger partial charge is 0.0564 e. The van der Waals surface area contributed by atoms with Gasteiger partial charge in [-0.05, 0) is 35.0 Å². The summed E-state index contributed by atoms with van der Waals surface area (Å²) in [5.41, 5.74) is 8.94. The third-order valence-electron chi connectivity index (χ3n) is 4.13. The van der Waals surface area contributed by atoms with Crippen LogP contribution in [0.2, 0.25) is 5.02 Å². The van der Waals surface area contributed by atoms with E-state index in [1.54, 1.807) is 0 Å². The van der Waals surface area contributed by atoms with Gasteiger partial charge in [-0.3, -0.25) is 0 Å². The highest BCUT2D eigenvalue weighted by Crippen LogP contribution is 2.35. The molecule has 4 aromatic carbocycles. The summed E-state index contributed by atoms with van der Waals surface area (Å²) < 4.78 is 0. The number of nitrogen functional groups attached to an aromatic ring is 1. The molecule has 0 aliphatic carbocycles. The first kappa shape index (κ1) is 14.6. The Bertz CT molecular complexity index is 1120. The summed E-state index contributed by atoms with van der Waals surface area (Å²) in [5.74, 6) is 6.46. The molecule has 0 bridgehead atoms. The van der Waals surface area contributed by atoms with Crippen LogP contribution in [0.5, 0.6) is 0 Å². The topological polar surface area (TPSA) is 26.0 Å². The van der Waals surface area contributed by atoms with E-state index in [2.05, 4.69) is 17.9 Å². The van der Waals surface area contributed by atoms with Gasteiger partial charge in [0.05, 0.1) is 11.3 Å². The van der Waals surface area contributed by atoms with E-state index in [0.717, 1.165) is 32.7 Å². The lowest BCUT2D eigenvalue weighted by Gasteiger charge is -2.11. The maximum absolute atomic E-state index is 6.45. The van der Waals surface area contributed by atoms with Crippen LogP contribution in [0.4, 0.5) is 5.69 Å². The summed E-state index contributed by atoms with van der Waals surface area (Å²) in [5, 5.41) is 4.92. The van der Waals surface area contributed by atoms with E-state index >= 15 is 0 Å². The number of nitrogens with two attached hydrogens (primary N) is 1. The Morgan fingerprint density at radius 1 is 0.667 bits per heavy atom. The highest BCUT2D eigenvalue weighted by molar-refractivity contribution is 6.32. The average molecular weight is 328 g/mol. The second kappa shape index (κ2) is 5.92. The van der Waals surface area contributed by atoms with E-state index in [9.17, 15) is 0 Å². The minimum Gasteiger partial charge on any atom is -0.397 e. The second-order valence-electron chi connectivity index (χ2n) is 5.64. The van der Waals surface area contributed by atoms with Crippen molar-refractivity contribution in [2.75, 3.05) is 5.73 Å². The van der Waals surface area contributed by atoms with Crippen LogP contribution in [0.25, 0.3) is 21.5 Å². The maximum atomic E-state index is 6.45.